The molecule has 5 nitrogen and oxygen atoms in total. The maximum Gasteiger partial charge on any atom is 0.416 e. The number of nitrogens with one attached hydrogen (secondary N) is 1. The second-order valence-corrected chi connectivity index (χ2v) is 7.07. The first-order valence-electron chi connectivity index (χ1n) is 9.00. The quantitative estimate of drug-likeness (QED) is 0.414. The number of fused-ring (bicyclic) bond motifs is 2. The molecular weight excluding hydrogens is 429 g/mol. The van der Waals surface area contributed by atoms with Crippen molar-refractivity contribution >= 4 is 45.0 Å². The summed E-state index contributed by atoms with van der Waals surface area (Å²) in [4.78, 5) is 21.3. The van der Waals surface area contributed by atoms with E-state index in [1.807, 2.05) is 30.3 Å². The Balaban J connectivity index is 1.66. The van der Waals surface area contributed by atoms with Crippen LogP contribution < -0.4 is 5.32 Å². The van der Waals surface area contributed by atoms with Crippen LogP contribution in [0.15, 0.2) is 60.7 Å². The molecule has 31 heavy (non-hydrogen) atoms. The first-order chi connectivity index (χ1) is 14.8. The van der Waals surface area contributed by atoms with Gasteiger partial charge in [-0.25, -0.2) is 9.97 Å². The lowest BCUT2D eigenvalue weighted by atomic mass is 10.1. The van der Waals surface area contributed by atoms with E-state index >= 15 is 0 Å². The summed E-state index contributed by atoms with van der Waals surface area (Å²) in [7, 11) is 0. The van der Waals surface area contributed by atoms with Crippen molar-refractivity contribution in [1.29, 1.82) is 5.26 Å². The van der Waals surface area contributed by atoms with Crippen molar-refractivity contribution in [3.8, 4) is 6.07 Å². The fourth-order valence-electron chi connectivity index (χ4n) is 3.12. The van der Waals surface area contributed by atoms with Gasteiger partial charge >= 0.3 is 6.18 Å². The van der Waals surface area contributed by atoms with Crippen LogP contribution in [-0.4, -0.2) is 15.9 Å². The molecule has 1 unspecified atom stereocenters. The monoisotopic (exact) mass is 440 g/mol. The van der Waals surface area contributed by atoms with Crippen LogP contribution in [0.2, 0.25) is 5.15 Å². The maximum atomic E-state index is 12.7. The molecule has 154 valence electrons. The Labute approximate surface area is 179 Å². The van der Waals surface area contributed by atoms with E-state index in [2.05, 4.69) is 15.3 Å². The SMILES string of the molecule is N#CC(C(=O)Nc1ccc(C(F)(F)F)cc1)c1nc2cc3ccccc3cc2nc1Cl. The molecule has 9 heteroatoms. The van der Waals surface area contributed by atoms with Gasteiger partial charge in [-0.1, -0.05) is 35.9 Å². The molecule has 1 N–H and O–H groups in total. The number of amides is 1. The number of nitrogens with zero attached hydrogens (tertiary/aromatic N) is 3. The van der Waals surface area contributed by atoms with Gasteiger partial charge in [-0.3, -0.25) is 4.79 Å². The van der Waals surface area contributed by atoms with Crippen LogP contribution in [0.1, 0.15) is 17.2 Å². The molecule has 1 atom stereocenters. The van der Waals surface area contributed by atoms with Gasteiger partial charge in [-0.15, -0.1) is 0 Å². The van der Waals surface area contributed by atoms with Crippen LogP contribution in [0.3, 0.4) is 0 Å². The molecule has 0 spiro atoms. The largest absolute Gasteiger partial charge is 0.416 e. The highest BCUT2D eigenvalue weighted by atomic mass is 35.5. The summed E-state index contributed by atoms with van der Waals surface area (Å²) in [6, 6.07) is 16.9. The number of carbonyl (C=O) groups excluding carboxylic acids is 1. The van der Waals surface area contributed by atoms with Crippen molar-refractivity contribution in [2.45, 2.75) is 12.1 Å². The number of rotatable bonds is 3. The van der Waals surface area contributed by atoms with Crippen LogP contribution in [0.5, 0.6) is 0 Å². The van der Waals surface area contributed by atoms with Gasteiger partial charge in [0, 0.05) is 5.69 Å². The van der Waals surface area contributed by atoms with E-state index in [-0.39, 0.29) is 16.5 Å². The molecule has 0 aliphatic carbocycles. The van der Waals surface area contributed by atoms with Crippen molar-refractivity contribution in [3.05, 3.63) is 77.1 Å². The van der Waals surface area contributed by atoms with Crippen molar-refractivity contribution in [2.75, 3.05) is 5.32 Å². The number of hydrogen-bond donors (Lipinski definition) is 1. The molecule has 1 amide bonds. The standard InChI is InChI=1S/C22H12ClF3N4O/c23-20-19(29-17-9-12-3-1-2-4-13(12)10-18(17)30-20)16(11-27)21(31)28-15-7-5-14(6-8-15)22(24,25)26/h1-10,16H,(H,28,31). The summed E-state index contributed by atoms with van der Waals surface area (Å²) in [6.45, 7) is 0. The number of anilines is 1. The second kappa shape index (κ2) is 7.85. The normalized spacial score (nSPS) is 12.5. The number of halogens is 4. The third kappa shape index (κ3) is 4.13. The molecule has 0 bridgehead atoms. The summed E-state index contributed by atoms with van der Waals surface area (Å²) >= 11 is 6.22. The zero-order valence-corrected chi connectivity index (χ0v) is 16.4. The van der Waals surface area contributed by atoms with Crippen LogP contribution >= 0.6 is 11.6 Å². The zero-order chi connectivity index (χ0) is 22.2. The Bertz CT molecular complexity index is 1350. The van der Waals surface area contributed by atoms with E-state index in [9.17, 15) is 23.2 Å². The number of aromatic nitrogens is 2. The van der Waals surface area contributed by atoms with E-state index in [0.717, 1.165) is 35.0 Å². The summed E-state index contributed by atoms with van der Waals surface area (Å²) in [5.74, 6) is -2.18. The number of hydrogen-bond acceptors (Lipinski definition) is 4. The van der Waals surface area contributed by atoms with E-state index in [1.165, 1.54) is 0 Å². The van der Waals surface area contributed by atoms with Gasteiger partial charge < -0.3 is 5.32 Å². The molecule has 0 fully saturated rings. The smallest absolute Gasteiger partial charge is 0.325 e. The predicted octanol–water partition coefficient (Wildman–Crippen LogP) is 5.70. The average Bonchev–Trinajstić information content (AvgIpc) is 2.73. The minimum absolute atomic E-state index is 0.0311. The number of benzene rings is 3. The average molecular weight is 441 g/mol. The second-order valence-electron chi connectivity index (χ2n) is 6.71. The van der Waals surface area contributed by atoms with Gasteiger partial charge in [-0.05, 0) is 47.2 Å². The highest BCUT2D eigenvalue weighted by molar-refractivity contribution is 6.30. The fraction of sp³-hybridized carbons (Fsp3) is 0.0909. The fourth-order valence-corrected chi connectivity index (χ4v) is 3.36. The summed E-state index contributed by atoms with van der Waals surface area (Å²) in [5.41, 5.74) is 0.191. The highest BCUT2D eigenvalue weighted by Gasteiger charge is 2.30. The van der Waals surface area contributed by atoms with Crippen molar-refractivity contribution in [2.24, 2.45) is 0 Å². The van der Waals surface area contributed by atoms with Gasteiger partial charge in [0.1, 0.15) is 5.69 Å². The molecule has 1 heterocycles. The lowest BCUT2D eigenvalue weighted by molar-refractivity contribution is -0.137. The van der Waals surface area contributed by atoms with E-state index in [0.29, 0.717) is 11.0 Å². The predicted molar refractivity (Wildman–Crippen MR) is 110 cm³/mol. The Morgan fingerprint density at radius 3 is 2.13 bits per heavy atom. The zero-order valence-electron chi connectivity index (χ0n) is 15.6. The van der Waals surface area contributed by atoms with Gasteiger partial charge in [0.15, 0.2) is 11.1 Å². The third-order valence-corrected chi connectivity index (χ3v) is 4.94. The molecular formula is C22H12ClF3N4O. The molecule has 4 rings (SSSR count). The number of nitriles is 1. The molecule has 4 aromatic rings. The third-order valence-electron chi connectivity index (χ3n) is 4.66. The van der Waals surface area contributed by atoms with Crippen molar-refractivity contribution in [1.82, 2.24) is 9.97 Å². The first kappa shape index (κ1) is 20.6. The van der Waals surface area contributed by atoms with E-state index in [4.69, 9.17) is 11.6 Å². The topological polar surface area (TPSA) is 78.7 Å². The Kier molecular flexibility index (Phi) is 5.21. The van der Waals surface area contributed by atoms with Crippen molar-refractivity contribution in [3.63, 3.8) is 0 Å². The number of carbonyl (C=O) groups is 1. The lowest BCUT2D eigenvalue weighted by Crippen LogP contribution is -2.21. The summed E-state index contributed by atoms with van der Waals surface area (Å²) in [6.07, 6.45) is -4.49. The van der Waals surface area contributed by atoms with E-state index in [1.54, 1.807) is 12.1 Å². The molecule has 0 aliphatic rings. The van der Waals surface area contributed by atoms with Gasteiger partial charge in [-0.2, -0.15) is 18.4 Å². The van der Waals surface area contributed by atoms with Gasteiger partial charge in [0.2, 0.25) is 5.91 Å². The van der Waals surface area contributed by atoms with Gasteiger partial charge in [0.05, 0.1) is 22.7 Å². The summed E-state index contributed by atoms with van der Waals surface area (Å²) in [5, 5.41) is 13.7. The molecule has 3 aromatic carbocycles. The number of alkyl halides is 3. The molecule has 0 saturated carbocycles. The highest BCUT2D eigenvalue weighted by Crippen LogP contribution is 2.31. The van der Waals surface area contributed by atoms with Crippen LogP contribution in [0.4, 0.5) is 18.9 Å². The Hall–Kier alpha value is -3.70. The minimum Gasteiger partial charge on any atom is -0.325 e. The van der Waals surface area contributed by atoms with Crippen LogP contribution in [0, 0.1) is 11.3 Å². The molecule has 1 aromatic heterocycles. The van der Waals surface area contributed by atoms with Crippen LogP contribution in [0.25, 0.3) is 21.8 Å². The van der Waals surface area contributed by atoms with Gasteiger partial charge in [0.25, 0.3) is 0 Å². The van der Waals surface area contributed by atoms with Crippen molar-refractivity contribution < 1.29 is 18.0 Å². The summed E-state index contributed by atoms with van der Waals surface area (Å²) < 4.78 is 38.1. The van der Waals surface area contributed by atoms with E-state index < -0.39 is 23.6 Å². The Morgan fingerprint density at radius 1 is 1.00 bits per heavy atom. The van der Waals surface area contributed by atoms with Crippen LogP contribution in [-0.2, 0) is 11.0 Å². The molecule has 0 saturated heterocycles. The first-order valence-corrected chi connectivity index (χ1v) is 9.38. The lowest BCUT2D eigenvalue weighted by Gasteiger charge is -2.13. The maximum absolute atomic E-state index is 12.7. The Morgan fingerprint density at radius 2 is 1.58 bits per heavy atom. The molecule has 0 radical (unpaired) electrons. The minimum atomic E-state index is -4.49. The molecule has 0 aliphatic heterocycles.